The molecule has 0 aliphatic carbocycles. The van der Waals surface area contributed by atoms with Gasteiger partial charge in [-0.15, -0.1) is 6.42 Å². The number of nitrogens with zero attached hydrogens (tertiary/aromatic N) is 1. The number of primary amides is 1. The SMILES string of the molecule is C#Cc1ccc(C(C(=O)NCCC(=O)OCC)N(CCC)C(=O)C(CC(N)=O)NC(=O)OC(C)(C)C)cc1. The molecular weight excluding hydrogens is 492 g/mol. The minimum Gasteiger partial charge on any atom is -0.466 e. The molecule has 1 aromatic rings. The van der Waals surface area contributed by atoms with Crippen LogP contribution in [0.2, 0.25) is 0 Å². The van der Waals surface area contributed by atoms with Gasteiger partial charge in [-0.25, -0.2) is 4.79 Å². The van der Waals surface area contributed by atoms with Crippen LogP contribution < -0.4 is 16.4 Å². The molecule has 0 bridgehead atoms. The van der Waals surface area contributed by atoms with E-state index in [2.05, 4.69) is 16.6 Å². The van der Waals surface area contributed by atoms with Gasteiger partial charge in [0.25, 0.3) is 0 Å². The van der Waals surface area contributed by atoms with Crippen molar-refractivity contribution in [1.29, 1.82) is 0 Å². The van der Waals surface area contributed by atoms with Gasteiger partial charge in [0.2, 0.25) is 17.7 Å². The number of benzene rings is 1. The first kappa shape index (κ1) is 32.0. The summed E-state index contributed by atoms with van der Waals surface area (Å²) in [4.78, 5) is 64.4. The zero-order valence-electron chi connectivity index (χ0n) is 22.7. The fourth-order valence-corrected chi connectivity index (χ4v) is 3.51. The molecule has 38 heavy (non-hydrogen) atoms. The summed E-state index contributed by atoms with van der Waals surface area (Å²) in [6.07, 6.45) is 4.42. The zero-order chi connectivity index (χ0) is 28.9. The highest BCUT2D eigenvalue weighted by molar-refractivity contribution is 5.94. The molecule has 0 saturated carbocycles. The van der Waals surface area contributed by atoms with Gasteiger partial charge in [-0.05, 0) is 51.8 Å². The molecule has 4 amide bonds. The minimum atomic E-state index is -1.38. The van der Waals surface area contributed by atoms with Crippen molar-refractivity contribution < 1.29 is 33.4 Å². The lowest BCUT2D eigenvalue weighted by Gasteiger charge is -2.34. The van der Waals surface area contributed by atoms with Crippen LogP contribution in [0.5, 0.6) is 0 Å². The fraction of sp³-hybridized carbons (Fsp3) is 0.519. The first-order valence-corrected chi connectivity index (χ1v) is 12.4. The number of nitrogens with one attached hydrogen (secondary N) is 2. The van der Waals surface area contributed by atoms with Crippen LogP contribution in [0.1, 0.15) is 71.0 Å². The average Bonchev–Trinajstić information content (AvgIpc) is 2.82. The number of amides is 4. The molecule has 0 aliphatic rings. The maximum atomic E-state index is 13.7. The van der Waals surface area contributed by atoms with Crippen LogP contribution in [0.25, 0.3) is 0 Å². The van der Waals surface area contributed by atoms with Crippen molar-refractivity contribution in [1.82, 2.24) is 15.5 Å². The van der Waals surface area contributed by atoms with Crippen molar-refractivity contribution in [3.8, 4) is 12.3 Å². The van der Waals surface area contributed by atoms with Gasteiger partial charge in [-0.1, -0.05) is 25.0 Å². The number of hydrogen-bond acceptors (Lipinski definition) is 7. The summed E-state index contributed by atoms with van der Waals surface area (Å²) in [6, 6.07) is 3.95. The number of hydrogen-bond donors (Lipinski definition) is 3. The number of carbonyl (C=O) groups excluding carboxylic acids is 5. The van der Waals surface area contributed by atoms with Crippen LogP contribution in [0.4, 0.5) is 4.79 Å². The van der Waals surface area contributed by atoms with Crippen LogP contribution in [-0.2, 0) is 28.7 Å². The van der Waals surface area contributed by atoms with E-state index < -0.39 is 53.9 Å². The number of alkyl carbamates (subject to hydrolysis) is 1. The lowest BCUT2D eigenvalue weighted by Crippen LogP contribution is -2.54. The molecule has 2 atom stereocenters. The summed E-state index contributed by atoms with van der Waals surface area (Å²) in [5, 5.41) is 5.07. The Morgan fingerprint density at radius 2 is 1.74 bits per heavy atom. The topological polar surface area (TPSA) is 157 Å². The van der Waals surface area contributed by atoms with Crippen molar-refractivity contribution in [3.05, 3.63) is 35.4 Å². The summed E-state index contributed by atoms with van der Waals surface area (Å²) in [5.74, 6) is -0.0907. The van der Waals surface area contributed by atoms with Crippen LogP contribution in [0, 0.1) is 12.3 Å². The summed E-state index contributed by atoms with van der Waals surface area (Å²) in [5.41, 5.74) is 5.52. The Hall–Kier alpha value is -4.07. The van der Waals surface area contributed by atoms with E-state index in [4.69, 9.17) is 21.6 Å². The highest BCUT2D eigenvalue weighted by Crippen LogP contribution is 2.24. The quantitative estimate of drug-likeness (QED) is 0.259. The summed E-state index contributed by atoms with van der Waals surface area (Å²) in [6.45, 7) is 8.73. The van der Waals surface area contributed by atoms with Gasteiger partial charge < -0.3 is 30.7 Å². The van der Waals surface area contributed by atoms with Crippen molar-refractivity contribution in [2.75, 3.05) is 19.7 Å². The second-order valence-electron chi connectivity index (χ2n) is 9.42. The molecule has 0 spiro atoms. The van der Waals surface area contributed by atoms with Crippen molar-refractivity contribution >= 4 is 29.8 Å². The molecule has 1 rings (SSSR count). The Bertz CT molecular complexity index is 1030. The molecule has 0 aliphatic heterocycles. The average molecular weight is 531 g/mol. The van der Waals surface area contributed by atoms with E-state index in [1.54, 1.807) is 52.0 Å². The van der Waals surface area contributed by atoms with Gasteiger partial charge in [0.05, 0.1) is 19.4 Å². The third-order valence-electron chi connectivity index (χ3n) is 5.03. The van der Waals surface area contributed by atoms with Crippen molar-refractivity contribution in [3.63, 3.8) is 0 Å². The molecule has 11 nitrogen and oxygen atoms in total. The second kappa shape index (κ2) is 15.2. The van der Waals surface area contributed by atoms with E-state index in [1.165, 1.54) is 4.90 Å². The van der Waals surface area contributed by atoms with Gasteiger partial charge in [0, 0.05) is 18.7 Å². The lowest BCUT2D eigenvalue weighted by molar-refractivity contribution is -0.144. The number of terminal acetylenes is 1. The predicted octanol–water partition coefficient (Wildman–Crippen LogP) is 1.79. The van der Waals surface area contributed by atoms with Crippen LogP contribution in [0.3, 0.4) is 0 Å². The van der Waals surface area contributed by atoms with Gasteiger partial charge in [0.15, 0.2) is 0 Å². The molecule has 0 saturated heterocycles. The molecule has 0 radical (unpaired) electrons. The van der Waals surface area contributed by atoms with E-state index in [0.29, 0.717) is 17.5 Å². The van der Waals surface area contributed by atoms with E-state index >= 15 is 0 Å². The fourth-order valence-electron chi connectivity index (χ4n) is 3.51. The first-order valence-electron chi connectivity index (χ1n) is 12.4. The lowest BCUT2D eigenvalue weighted by atomic mass is 10.0. The van der Waals surface area contributed by atoms with E-state index in [1.807, 2.05) is 6.92 Å². The molecule has 1 aromatic carbocycles. The van der Waals surface area contributed by atoms with Crippen molar-refractivity contribution in [2.45, 2.75) is 71.6 Å². The van der Waals surface area contributed by atoms with E-state index in [-0.39, 0.29) is 26.1 Å². The third-order valence-corrected chi connectivity index (χ3v) is 5.03. The monoisotopic (exact) mass is 530 g/mol. The Kier molecular flexibility index (Phi) is 12.8. The van der Waals surface area contributed by atoms with Crippen LogP contribution in [0.15, 0.2) is 24.3 Å². The maximum absolute atomic E-state index is 13.7. The molecule has 208 valence electrons. The smallest absolute Gasteiger partial charge is 0.408 e. The molecular formula is C27H38N4O7. The molecule has 0 fully saturated rings. The second-order valence-corrected chi connectivity index (χ2v) is 9.42. The Morgan fingerprint density at radius 1 is 1.11 bits per heavy atom. The minimum absolute atomic E-state index is 0.0222. The Balaban J connectivity index is 3.38. The van der Waals surface area contributed by atoms with Gasteiger partial charge in [0.1, 0.15) is 17.7 Å². The van der Waals surface area contributed by atoms with E-state index in [9.17, 15) is 24.0 Å². The molecule has 2 unspecified atom stereocenters. The number of nitrogens with two attached hydrogens (primary N) is 1. The highest BCUT2D eigenvalue weighted by Gasteiger charge is 2.36. The van der Waals surface area contributed by atoms with Crippen molar-refractivity contribution in [2.24, 2.45) is 5.73 Å². The van der Waals surface area contributed by atoms with Gasteiger partial charge in [-0.2, -0.15) is 0 Å². The third kappa shape index (κ3) is 10.9. The maximum Gasteiger partial charge on any atom is 0.408 e. The van der Waals surface area contributed by atoms with Crippen LogP contribution in [-0.4, -0.2) is 66.0 Å². The number of ether oxygens (including phenoxy) is 2. The molecule has 0 aromatic heterocycles. The number of rotatable bonds is 13. The summed E-state index contributed by atoms with van der Waals surface area (Å²) < 4.78 is 10.1. The largest absolute Gasteiger partial charge is 0.466 e. The van der Waals surface area contributed by atoms with Gasteiger partial charge in [-0.3, -0.25) is 19.2 Å². The standard InChI is InChI=1S/C27H38N4O7/c1-7-16-31(25(35)20(17-21(28)32)30-26(36)38-27(4,5)6)23(19-12-10-18(8-2)11-13-19)24(34)29-15-14-22(33)37-9-3/h2,10-13,20,23H,7,9,14-17H2,1,3-6H3,(H2,28,32)(H,29,34)(H,30,36). The number of esters is 1. The van der Waals surface area contributed by atoms with E-state index in [0.717, 1.165) is 0 Å². The zero-order valence-corrected chi connectivity index (χ0v) is 22.7. The van der Waals surface area contributed by atoms with Gasteiger partial charge >= 0.3 is 12.1 Å². The summed E-state index contributed by atoms with van der Waals surface area (Å²) >= 11 is 0. The molecule has 0 heterocycles. The van der Waals surface area contributed by atoms with Crippen LogP contribution >= 0.6 is 0 Å². The predicted molar refractivity (Wildman–Crippen MR) is 140 cm³/mol. The first-order chi connectivity index (χ1) is 17.8. The molecule has 4 N–H and O–H groups in total. The number of carbonyl (C=O) groups is 5. The summed E-state index contributed by atoms with van der Waals surface area (Å²) in [7, 11) is 0. The Labute approximate surface area is 223 Å². The normalized spacial score (nSPS) is 12.3. The molecule has 11 heteroatoms. The highest BCUT2D eigenvalue weighted by atomic mass is 16.6. The Morgan fingerprint density at radius 3 is 2.24 bits per heavy atom.